The van der Waals surface area contributed by atoms with E-state index < -0.39 is 34.8 Å². The number of alkyl halides is 3. The molecule has 0 unspecified atom stereocenters. The number of aryl methyl sites for hydroxylation is 1. The molecule has 0 atom stereocenters. The van der Waals surface area contributed by atoms with Crippen LogP contribution in [0.25, 0.3) is 0 Å². The fourth-order valence-electron chi connectivity index (χ4n) is 1.00. The molecule has 0 aliphatic carbocycles. The maximum atomic E-state index is 12.9. The van der Waals surface area contributed by atoms with Gasteiger partial charge in [0.25, 0.3) is 0 Å². The molecule has 1 heterocycles. The van der Waals surface area contributed by atoms with Crippen molar-refractivity contribution in [2.24, 2.45) is 0 Å². The van der Waals surface area contributed by atoms with Crippen LogP contribution >= 0.6 is 0 Å². The van der Waals surface area contributed by atoms with Crippen molar-refractivity contribution in [2.45, 2.75) is 61.6 Å². The molecule has 0 bridgehead atoms. The number of rotatable bonds is 0. The van der Waals surface area contributed by atoms with Crippen LogP contribution in [0.2, 0.25) is 0 Å². The minimum absolute atomic E-state index is 0.597. The summed E-state index contributed by atoms with van der Waals surface area (Å²) in [5.41, 5.74) is -2.80. The van der Waals surface area contributed by atoms with Crippen molar-refractivity contribution in [3.05, 3.63) is 28.6 Å². The predicted octanol–water partition coefficient (Wildman–Crippen LogP) is 6.07. The highest BCUT2D eigenvalue weighted by molar-refractivity contribution is 5.26. The lowest BCUT2D eigenvalue weighted by molar-refractivity contribution is -0.142. The molecule has 6 heteroatoms. The molecule has 0 aliphatic heterocycles. The molecule has 0 fully saturated rings. The Morgan fingerprint density at radius 1 is 0.750 bits per heavy atom. The van der Waals surface area contributed by atoms with Gasteiger partial charge >= 0.3 is 6.18 Å². The van der Waals surface area contributed by atoms with Crippen LogP contribution in [0.4, 0.5) is 22.0 Å². The SMILES string of the molecule is CC.CC.CC.Cc1nc(C(F)(F)F)c(C)c(F)c1F. The summed E-state index contributed by atoms with van der Waals surface area (Å²) in [6, 6.07) is 0. The number of pyridine rings is 1. The van der Waals surface area contributed by atoms with E-state index in [1.165, 1.54) is 0 Å². The highest BCUT2D eigenvalue weighted by atomic mass is 19.4. The van der Waals surface area contributed by atoms with Gasteiger partial charge in [0.2, 0.25) is 0 Å². The molecule has 1 nitrogen and oxygen atoms in total. The molecule has 0 spiro atoms. The smallest absolute Gasteiger partial charge is 0.245 e. The first-order chi connectivity index (χ1) is 9.25. The zero-order valence-electron chi connectivity index (χ0n) is 13.3. The zero-order chi connectivity index (χ0) is 17.1. The van der Waals surface area contributed by atoms with Gasteiger partial charge in [-0.25, -0.2) is 13.8 Å². The maximum absolute atomic E-state index is 12.9. The first-order valence-corrected chi connectivity index (χ1v) is 6.64. The molecule has 120 valence electrons. The maximum Gasteiger partial charge on any atom is 0.433 e. The number of hydrogen-bond acceptors (Lipinski definition) is 1. The van der Waals surface area contributed by atoms with Crippen LogP contribution in [-0.4, -0.2) is 4.98 Å². The van der Waals surface area contributed by atoms with Gasteiger partial charge in [-0.05, 0) is 13.8 Å². The standard InChI is InChI=1S/C8H6F5N.3C2H6/c1-3-5(9)6(10)4(2)14-7(3)8(11,12)13;3*1-2/h1-2H3;3*1-2H3. The summed E-state index contributed by atoms with van der Waals surface area (Å²) in [4.78, 5) is 2.96. The van der Waals surface area contributed by atoms with Gasteiger partial charge in [-0.1, -0.05) is 41.5 Å². The molecular weight excluding hydrogens is 277 g/mol. The Morgan fingerprint density at radius 2 is 1.10 bits per heavy atom. The van der Waals surface area contributed by atoms with E-state index >= 15 is 0 Å². The molecule has 0 saturated heterocycles. The third kappa shape index (κ3) is 6.82. The molecule has 1 rings (SSSR count). The van der Waals surface area contributed by atoms with Crippen molar-refractivity contribution in [3.8, 4) is 0 Å². The van der Waals surface area contributed by atoms with Crippen LogP contribution in [0.15, 0.2) is 0 Å². The second-order valence-electron chi connectivity index (χ2n) is 2.80. The summed E-state index contributed by atoms with van der Waals surface area (Å²) in [5.74, 6) is -2.83. The van der Waals surface area contributed by atoms with Gasteiger partial charge in [-0.15, -0.1) is 0 Å². The lowest BCUT2D eigenvalue weighted by Crippen LogP contribution is -2.14. The minimum atomic E-state index is -4.76. The largest absolute Gasteiger partial charge is 0.433 e. The second kappa shape index (κ2) is 11.6. The number of hydrogen-bond donors (Lipinski definition) is 0. The molecule has 0 radical (unpaired) electrons. The van der Waals surface area contributed by atoms with Crippen LogP contribution < -0.4 is 0 Å². The van der Waals surface area contributed by atoms with Crippen molar-refractivity contribution in [1.82, 2.24) is 4.98 Å². The van der Waals surface area contributed by atoms with Gasteiger partial charge in [0, 0.05) is 5.56 Å². The fraction of sp³-hybridized carbons (Fsp3) is 0.643. The van der Waals surface area contributed by atoms with Gasteiger partial charge in [0.05, 0.1) is 5.69 Å². The molecule has 20 heavy (non-hydrogen) atoms. The van der Waals surface area contributed by atoms with Crippen LogP contribution in [0.3, 0.4) is 0 Å². The van der Waals surface area contributed by atoms with Crippen LogP contribution in [0.5, 0.6) is 0 Å². The average Bonchev–Trinajstić information content (AvgIpc) is 2.46. The van der Waals surface area contributed by atoms with Gasteiger partial charge in [0.1, 0.15) is 0 Å². The average molecular weight is 301 g/mol. The Kier molecular flexibility index (Phi) is 13.9. The monoisotopic (exact) mass is 301 g/mol. The van der Waals surface area contributed by atoms with E-state index in [4.69, 9.17) is 0 Å². The highest BCUT2D eigenvalue weighted by Crippen LogP contribution is 2.32. The summed E-state index contributed by atoms with van der Waals surface area (Å²) >= 11 is 0. The van der Waals surface area contributed by atoms with Crippen molar-refractivity contribution >= 4 is 0 Å². The van der Waals surface area contributed by atoms with Crippen molar-refractivity contribution in [3.63, 3.8) is 0 Å². The Labute approximate surface area is 118 Å². The van der Waals surface area contributed by atoms with Crippen molar-refractivity contribution in [1.29, 1.82) is 0 Å². The first kappa shape index (κ1) is 23.9. The van der Waals surface area contributed by atoms with E-state index in [1.54, 1.807) is 0 Å². The Balaban J connectivity index is -0.000000425. The first-order valence-electron chi connectivity index (χ1n) is 6.64. The highest BCUT2D eigenvalue weighted by Gasteiger charge is 2.36. The van der Waals surface area contributed by atoms with E-state index in [-0.39, 0.29) is 0 Å². The van der Waals surface area contributed by atoms with Gasteiger partial charge < -0.3 is 0 Å². The lowest BCUT2D eigenvalue weighted by atomic mass is 10.1. The second-order valence-corrected chi connectivity index (χ2v) is 2.80. The predicted molar refractivity (Wildman–Crippen MR) is 72.7 cm³/mol. The zero-order valence-corrected chi connectivity index (χ0v) is 13.3. The summed E-state index contributed by atoms with van der Waals surface area (Å²) in [7, 11) is 0. The number of aromatic nitrogens is 1. The van der Waals surface area contributed by atoms with Crippen molar-refractivity contribution < 1.29 is 22.0 Å². The Morgan fingerprint density at radius 3 is 1.40 bits per heavy atom. The van der Waals surface area contributed by atoms with Crippen molar-refractivity contribution in [2.75, 3.05) is 0 Å². The van der Waals surface area contributed by atoms with Crippen LogP contribution in [0, 0.1) is 25.5 Å². The van der Waals surface area contributed by atoms with E-state index in [2.05, 4.69) is 4.98 Å². The molecule has 0 aromatic carbocycles. The van der Waals surface area contributed by atoms with Crippen LogP contribution in [-0.2, 0) is 6.18 Å². The molecule has 0 amide bonds. The number of nitrogens with zero attached hydrogens (tertiary/aromatic N) is 1. The fourth-order valence-corrected chi connectivity index (χ4v) is 1.00. The Hall–Kier alpha value is -1.20. The molecule has 0 N–H and O–H groups in total. The van der Waals surface area contributed by atoms with E-state index in [0.29, 0.717) is 0 Å². The summed E-state index contributed by atoms with van der Waals surface area (Å²) < 4.78 is 62.2. The normalized spacial score (nSPS) is 9.25. The molecule has 0 saturated carbocycles. The minimum Gasteiger partial charge on any atom is -0.245 e. The third-order valence-corrected chi connectivity index (χ3v) is 1.74. The topological polar surface area (TPSA) is 12.9 Å². The van der Waals surface area contributed by atoms with Gasteiger partial charge in [-0.2, -0.15) is 13.2 Å². The van der Waals surface area contributed by atoms with Crippen LogP contribution in [0.1, 0.15) is 58.5 Å². The Bertz CT molecular complexity index is 373. The summed E-state index contributed by atoms with van der Waals surface area (Å²) in [5, 5.41) is 0. The third-order valence-electron chi connectivity index (χ3n) is 1.74. The van der Waals surface area contributed by atoms with Gasteiger partial charge in [0.15, 0.2) is 17.3 Å². The van der Waals surface area contributed by atoms with E-state index in [9.17, 15) is 22.0 Å². The van der Waals surface area contributed by atoms with E-state index in [1.807, 2.05) is 41.5 Å². The van der Waals surface area contributed by atoms with Gasteiger partial charge in [-0.3, -0.25) is 0 Å². The summed E-state index contributed by atoms with van der Waals surface area (Å²) in [6.07, 6.45) is -4.76. The molecular formula is C14H24F5N. The summed E-state index contributed by atoms with van der Waals surface area (Å²) in [6.45, 7) is 13.8. The lowest BCUT2D eigenvalue weighted by Gasteiger charge is -2.11. The molecule has 1 aromatic rings. The van der Waals surface area contributed by atoms with E-state index in [0.717, 1.165) is 13.8 Å². The molecule has 0 aliphatic rings. The molecule has 1 aromatic heterocycles. The number of halogens is 5. The quantitative estimate of drug-likeness (QED) is 0.530.